The molecule has 1 unspecified atom stereocenters. The van der Waals surface area contributed by atoms with E-state index in [4.69, 9.17) is 10.5 Å². The van der Waals surface area contributed by atoms with Crippen molar-refractivity contribution < 1.29 is 14.2 Å². The number of thioether (sulfide) groups is 1. The second-order valence-corrected chi connectivity index (χ2v) is 5.34. The minimum absolute atomic E-state index is 0.144. The highest BCUT2D eigenvalue weighted by Gasteiger charge is 2.08. The molecule has 0 aliphatic rings. The number of ether oxygens (including phenoxy) is 1. The van der Waals surface area contributed by atoms with Crippen molar-refractivity contribution in [3.63, 3.8) is 0 Å². The molecule has 1 atom stereocenters. The summed E-state index contributed by atoms with van der Waals surface area (Å²) in [6.45, 7) is 0.144. The summed E-state index contributed by atoms with van der Waals surface area (Å²) in [6, 6.07) is 13.5. The predicted molar refractivity (Wildman–Crippen MR) is 79.5 cm³/mol. The van der Waals surface area contributed by atoms with Crippen LogP contribution < -0.4 is 10.5 Å². The average Bonchev–Trinajstić information content (AvgIpc) is 2.44. The number of nitrogens with two attached hydrogens (primary N) is 1. The van der Waals surface area contributed by atoms with E-state index in [9.17, 15) is 9.50 Å². The van der Waals surface area contributed by atoms with Crippen molar-refractivity contribution in [2.45, 2.75) is 11.0 Å². The molecule has 3 N–H and O–H groups in total. The molecular formula is C15H16FNO2S. The zero-order valence-electron chi connectivity index (χ0n) is 10.8. The van der Waals surface area contributed by atoms with Crippen molar-refractivity contribution in [1.29, 1.82) is 0 Å². The molecule has 0 radical (unpaired) electrons. The van der Waals surface area contributed by atoms with Crippen LogP contribution in [-0.2, 0) is 0 Å². The lowest BCUT2D eigenvalue weighted by molar-refractivity contribution is 0.126. The first-order chi connectivity index (χ1) is 9.65. The lowest BCUT2D eigenvalue weighted by Gasteiger charge is -2.12. The Bertz CT molecular complexity index is 565. The monoisotopic (exact) mass is 293 g/mol. The largest absolute Gasteiger partial charge is 0.491 e. The molecule has 0 saturated heterocycles. The molecule has 5 heteroatoms. The van der Waals surface area contributed by atoms with Gasteiger partial charge in [-0.25, -0.2) is 4.39 Å². The Morgan fingerprint density at radius 3 is 2.75 bits per heavy atom. The van der Waals surface area contributed by atoms with Crippen LogP contribution in [0.25, 0.3) is 0 Å². The third-order valence-electron chi connectivity index (χ3n) is 2.57. The Morgan fingerprint density at radius 1 is 1.20 bits per heavy atom. The number of aliphatic hydroxyl groups excluding tert-OH is 1. The molecule has 0 aliphatic carbocycles. The fourth-order valence-electron chi connectivity index (χ4n) is 1.59. The number of hydrogen-bond donors (Lipinski definition) is 2. The van der Waals surface area contributed by atoms with Crippen molar-refractivity contribution in [3.05, 3.63) is 54.3 Å². The Balaban J connectivity index is 1.78. The van der Waals surface area contributed by atoms with Crippen LogP contribution in [0.15, 0.2) is 53.4 Å². The van der Waals surface area contributed by atoms with Crippen molar-refractivity contribution in [3.8, 4) is 5.75 Å². The molecule has 0 amide bonds. The standard InChI is InChI=1S/C15H16FNO2S/c16-14-6-1-2-7-15(14)20-10-12(18)9-19-13-5-3-4-11(17)8-13/h1-8,12,18H,9-10,17H2. The van der Waals surface area contributed by atoms with Gasteiger partial charge >= 0.3 is 0 Å². The summed E-state index contributed by atoms with van der Waals surface area (Å²) in [7, 11) is 0. The van der Waals surface area contributed by atoms with Crippen molar-refractivity contribution in [1.82, 2.24) is 0 Å². The van der Waals surface area contributed by atoms with Crippen molar-refractivity contribution >= 4 is 17.4 Å². The molecule has 0 aromatic heterocycles. The quantitative estimate of drug-likeness (QED) is 0.635. The van der Waals surface area contributed by atoms with Gasteiger partial charge in [-0.1, -0.05) is 18.2 Å². The maximum Gasteiger partial charge on any atom is 0.136 e. The van der Waals surface area contributed by atoms with Crippen molar-refractivity contribution in [2.75, 3.05) is 18.1 Å². The molecule has 20 heavy (non-hydrogen) atoms. The van der Waals surface area contributed by atoms with E-state index in [0.717, 1.165) is 0 Å². The van der Waals surface area contributed by atoms with Gasteiger partial charge in [-0.15, -0.1) is 11.8 Å². The van der Waals surface area contributed by atoms with E-state index in [2.05, 4.69) is 0 Å². The van der Waals surface area contributed by atoms with Gasteiger partial charge in [0.05, 0.1) is 6.10 Å². The number of anilines is 1. The zero-order valence-corrected chi connectivity index (χ0v) is 11.6. The Hall–Kier alpha value is -1.72. The van der Waals surface area contributed by atoms with Gasteiger partial charge in [-0.05, 0) is 24.3 Å². The number of nitrogen functional groups attached to an aromatic ring is 1. The van der Waals surface area contributed by atoms with Crippen molar-refractivity contribution in [2.24, 2.45) is 0 Å². The minimum Gasteiger partial charge on any atom is -0.491 e. The smallest absolute Gasteiger partial charge is 0.136 e. The third-order valence-corrected chi connectivity index (χ3v) is 3.76. The van der Waals surface area contributed by atoms with Crippen LogP contribution >= 0.6 is 11.8 Å². The first kappa shape index (κ1) is 14.7. The van der Waals surface area contributed by atoms with Gasteiger partial charge in [0.15, 0.2) is 0 Å². The molecule has 3 nitrogen and oxygen atoms in total. The minimum atomic E-state index is -0.680. The summed E-state index contributed by atoms with van der Waals surface area (Å²) in [5.41, 5.74) is 6.24. The van der Waals surface area contributed by atoms with Crippen LogP contribution in [0.4, 0.5) is 10.1 Å². The van der Waals surface area contributed by atoms with Crippen LogP contribution in [-0.4, -0.2) is 23.6 Å². The van der Waals surface area contributed by atoms with Gasteiger partial charge in [0.25, 0.3) is 0 Å². The van der Waals surface area contributed by atoms with Gasteiger partial charge in [0.1, 0.15) is 18.2 Å². The van der Waals surface area contributed by atoms with Gasteiger partial charge in [-0.2, -0.15) is 0 Å². The Morgan fingerprint density at radius 2 is 2.00 bits per heavy atom. The second-order valence-electron chi connectivity index (χ2n) is 4.28. The highest BCUT2D eigenvalue weighted by atomic mass is 32.2. The van der Waals surface area contributed by atoms with E-state index >= 15 is 0 Å². The molecule has 0 bridgehead atoms. The second kappa shape index (κ2) is 7.17. The van der Waals surface area contributed by atoms with Crippen LogP contribution in [0.1, 0.15) is 0 Å². The lowest BCUT2D eigenvalue weighted by atomic mass is 10.3. The van der Waals surface area contributed by atoms with Crippen LogP contribution in [0, 0.1) is 5.82 Å². The molecule has 0 heterocycles. The number of hydrogen-bond acceptors (Lipinski definition) is 4. The van der Waals surface area contributed by atoms with Gasteiger partial charge in [0.2, 0.25) is 0 Å². The van der Waals surface area contributed by atoms with Crippen LogP contribution in [0.2, 0.25) is 0 Å². The van der Waals surface area contributed by atoms with E-state index in [1.807, 2.05) is 0 Å². The Labute approximate surface area is 121 Å². The normalized spacial score (nSPS) is 12.1. The van der Waals surface area contributed by atoms with E-state index in [1.54, 1.807) is 42.5 Å². The van der Waals surface area contributed by atoms with Gasteiger partial charge in [-0.3, -0.25) is 0 Å². The molecular weight excluding hydrogens is 277 g/mol. The fraction of sp³-hybridized carbons (Fsp3) is 0.200. The number of rotatable bonds is 6. The maximum atomic E-state index is 13.4. The van der Waals surface area contributed by atoms with E-state index < -0.39 is 6.10 Å². The molecule has 0 saturated carbocycles. The molecule has 0 spiro atoms. The predicted octanol–water partition coefficient (Wildman–Crippen LogP) is 2.94. The molecule has 106 valence electrons. The zero-order chi connectivity index (χ0) is 14.4. The molecule has 0 fully saturated rings. The lowest BCUT2D eigenvalue weighted by Crippen LogP contribution is -2.20. The van der Waals surface area contributed by atoms with Gasteiger partial charge < -0.3 is 15.6 Å². The summed E-state index contributed by atoms with van der Waals surface area (Å²) in [6.07, 6.45) is -0.680. The van der Waals surface area contributed by atoms with Crippen LogP contribution in [0.3, 0.4) is 0 Å². The SMILES string of the molecule is Nc1cccc(OCC(O)CSc2ccccc2F)c1. The average molecular weight is 293 g/mol. The number of aliphatic hydroxyl groups is 1. The molecule has 2 aromatic rings. The first-order valence-corrected chi connectivity index (χ1v) is 7.17. The first-order valence-electron chi connectivity index (χ1n) is 6.19. The summed E-state index contributed by atoms with van der Waals surface area (Å²) in [4.78, 5) is 0.524. The number of benzene rings is 2. The number of halogens is 1. The Kier molecular flexibility index (Phi) is 5.26. The van der Waals surface area contributed by atoms with Crippen LogP contribution in [0.5, 0.6) is 5.75 Å². The topological polar surface area (TPSA) is 55.5 Å². The highest BCUT2D eigenvalue weighted by molar-refractivity contribution is 7.99. The summed E-state index contributed by atoms with van der Waals surface area (Å²) in [5.74, 6) is 0.699. The van der Waals surface area contributed by atoms with E-state index in [0.29, 0.717) is 22.1 Å². The summed E-state index contributed by atoms with van der Waals surface area (Å²) < 4.78 is 18.8. The maximum absolute atomic E-state index is 13.4. The fourth-order valence-corrected chi connectivity index (χ4v) is 2.44. The van der Waals surface area contributed by atoms with Gasteiger partial charge in [0, 0.05) is 22.4 Å². The third kappa shape index (κ3) is 4.43. The summed E-state index contributed by atoms with van der Waals surface area (Å²) in [5, 5.41) is 9.83. The molecule has 0 aliphatic heterocycles. The molecule has 2 rings (SSSR count). The van der Waals surface area contributed by atoms with E-state index in [1.165, 1.54) is 17.8 Å². The highest BCUT2D eigenvalue weighted by Crippen LogP contribution is 2.22. The molecule has 2 aromatic carbocycles. The summed E-state index contributed by atoms with van der Waals surface area (Å²) >= 11 is 1.26. The van der Waals surface area contributed by atoms with E-state index in [-0.39, 0.29) is 12.4 Å².